The molecule has 0 radical (unpaired) electrons. The Bertz CT molecular complexity index is 494. The first kappa shape index (κ1) is 14.7. The number of carbonyl (C=O) groups excluding carboxylic acids is 1. The van der Waals surface area contributed by atoms with Crippen molar-refractivity contribution in [3.63, 3.8) is 0 Å². The second-order valence-electron chi connectivity index (χ2n) is 5.13. The number of hydrogen-bond acceptors (Lipinski definition) is 2. The van der Waals surface area contributed by atoms with Crippen molar-refractivity contribution in [1.82, 2.24) is 0 Å². The van der Waals surface area contributed by atoms with E-state index in [-0.39, 0.29) is 23.2 Å². The van der Waals surface area contributed by atoms with Gasteiger partial charge >= 0.3 is 6.18 Å². The number of nitrogens with two attached hydrogens (primary N) is 1. The van der Waals surface area contributed by atoms with Gasteiger partial charge in [-0.25, -0.2) is 0 Å². The van der Waals surface area contributed by atoms with Gasteiger partial charge in [-0.2, -0.15) is 13.2 Å². The van der Waals surface area contributed by atoms with Gasteiger partial charge < -0.3 is 11.1 Å². The molecule has 20 heavy (non-hydrogen) atoms. The molecule has 0 saturated heterocycles. The first-order chi connectivity index (χ1) is 9.38. The second-order valence-corrected chi connectivity index (χ2v) is 5.13. The Balaban J connectivity index is 2.18. The van der Waals surface area contributed by atoms with Crippen LogP contribution in [0.4, 0.5) is 24.5 Å². The summed E-state index contributed by atoms with van der Waals surface area (Å²) in [6.07, 6.45) is -0.0772. The Morgan fingerprint density at radius 3 is 2.45 bits per heavy atom. The Labute approximate surface area is 115 Å². The lowest BCUT2D eigenvalue weighted by Gasteiger charge is -2.22. The van der Waals surface area contributed by atoms with Gasteiger partial charge in [0, 0.05) is 11.6 Å². The van der Waals surface area contributed by atoms with Gasteiger partial charge in [0.2, 0.25) is 5.91 Å². The zero-order valence-electron chi connectivity index (χ0n) is 11.0. The van der Waals surface area contributed by atoms with Crippen LogP contribution in [0.25, 0.3) is 0 Å². The van der Waals surface area contributed by atoms with Crippen LogP contribution in [0, 0.1) is 5.92 Å². The minimum Gasteiger partial charge on any atom is -0.399 e. The van der Waals surface area contributed by atoms with Crippen LogP contribution in [0.1, 0.15) is 37.7 Å². The van der Waals surface area contributed by atoms with E-state index in [1.165, 1.54) is 12.1 Å². The number of amides is 1. The van der Waals surface area contributed by atoms with Gasteiger partial charge in [0.05, 0.1) is 11.3 Å². The van der Waals surface area contributed by atoms with Gasteiger partial charge in [0.1, 0.15) is 0 Å². The number of halogens is 3. The average Bonchev–Trinajstić information content (AvgIpc) is 2.40. The first-order valence-electron chi connectivity index (χ1n) is 6.65. The van der Waals surface area contributed by atoms with Gasteiger partial charge in [-0.15, -0.1) is 0 Å². The monoisotopic (exact) mass is 286 g/mol. The van der Waals surface area contributed by atoms with Crippen molar-refractivity contribution in [3.8, 4) is 0 Å². The van der Waals surface area contributed by atoms with Crippen LogP contribution in [0.5, 0.6) is 0 Å². The maximum Gasteiger partial charge on any atom is 0.418 e. The molecule has 0 aromatic heterocycles. The fraction of sp³-hybridized carbons (Fsp3) is 0.500. The number of carbonyl (C=O) groups is 1. The molecule has 0 heterocycles. The molecule has 0 bridgehead atoms. The SMILES string of the molecule is Nc1ccc(NC(=O)C2CCCCC2)c(C(F)(F)F)c1. The van der Waals surface area contributed by atoms with E-state index in [0.29, 0.717) is 0 Å². The summed E-state index contributed by atoms with van der Waals surface area (Å²) in [5.41, 5.74) is 4.29. The smallest absolute Gasteiger partial charge is 0.399 e. The molecule has 110 valence electrons. The average molecular weight is 286 g/mol. The van der Waals surface area contributed by atoms with Crippen LogP contribution < -0.4 is 11.1 Å². The number of rotatable bonds is 2. The van der Waals surface area contributed by atoms with E-state index in [4.69, 9.17) is 5.73 Å². The van der Waals surface area contributed by atoms with E-state index in [1.807, 2.05) is 0 Å². The minimum absolute atomic E-state index is 0.0213. The molecule has 1 aromatic carbocycles. The van der Waals surface area contributed by atoms with Crippen LogP contribution in [-0.2, 0) is 11.0 Å². The Morgan fingerprint density at radius 1 is 1.20 bits per heavy atom. The lowest BCUT2D eigenvalue weighted by Crippen LogP contribution is -2.26. The van der Waals surface area contributed by atoms with Crippen molar-refractivity contribution >= 4 is 17.3 Å². The number of nitrogen functional groups attached to an aromatic ring is 1. The van der Waals surface area contributed by atoms with Gasteiger partial charge in [-0.3, -0.25) is 4.79 Å². The second kappa shape index (κ2) is 5.73. The van der Waals surface area contributed by atoms with Gasteiger partial charge in [-0.05, 0) is 31.0 Å². The van der Waals surface area contributed by atoms with Crippen molar-refractivity contribution in [1.29, 1.82) is 0 Å². The van der Waals surface area contributed by atoms with Crippen molar-refractivity contribution < 1.29 is 18.0 Å². The highest BCUT2D eigenvalue weighted by atomic mass is 19.4. The van der Waals surface area contributed by atoms with E-state index >= 15 is 0 Å². The lowest BCUT2D eigenvalue weighted by atomic mass is 9.88. The van der Waals surface area contributed by atoms with Crippen LogP contribution in [0.3, 0.4) is 0 Å². The summed E-state index contributed by atoms with van der Waals surface area (Å²) >= 11 is 0. The molecular weight excluding hydrogens is 269 g/mol. The molecule has 3 nitrogen and oxygen atoms in total. The molecule has 1 aliphatic rings. The number of anilines is 2. The van der Waals surface area contributed by atoms with Crippen molar-refractivity contribution in [2.75, 3.05) is 11.1 Å². The first-order valence-corrected chi connectivity index (χ1v) is 6.65. The summed E-state index contributed by atoms with van der Waals surface area (Å²) in [4.78, 5) is 12.0. The van der Waals surface area contributed by atoms with Crippen LogP contribution in [0.15, 0.2) is 18.2 Å². The standard InChI is InChI=1S/C14H17F3N2O/c15-14(16,17)11-8-10(18)6-7-12(11)19-13(20)9-4-2-1-3-5-9/h6-9H,1-5,18H2,(H,19,20). The molecule has 0 aliphatic heterocycles. The fourth-order valence-electron chi connectivity index (χ4n) is 2.50. The predicted octanol–water partition coefficient (Wildman–Crippen LogP) is 3.81. The zero-order valence-corrected chi connectivity index (χ0v) is 11.0. The molecule has 1 aliphatic carbocycles. The van der Waals surface area contributed by atoms with Crippen LogP contribution >= 0.6 is 0 Å². The third-order valence-corrected chi connectivity index (χ3v) is 3.58. The quantitative estimate of drug-likeness (QED) is 0.812. The van der Waals surface area contributed by atoms with Crippen molar-refractivity contribution in [3.05, 3.63) is 23.8 Å². The van der Waals surface area contributed by atoms with Gasteiger partial charge in [0.25, 0.3) is 0 Å². The molecule has 3 N–H and O–H groups in total. The molecule has 1 fully saturated rings. The van der Waals surface area contributed by atoms with E-state index in [0.717, 1.165) is 38.2 Å². The molecule has 0 unspecified atom stereocenters. The highest BCUT2D eigenvalue weighted by Gasteiger charge is 2.34. The van der Waals surface area contributed by atoms with Crippen molar-refractivity contribution in [2.45, 2.75) is 38.3 Å². The zero-order chi connectivity index (χ0) is 14.8. The molecule has 0 spiro atoms. The van der Waals surface area contributed by atoms with Crippen LogP contribution in [0.2, 0.25) is 0 Å². The van der Waals surface area contributed by atoms with E-state index in [1.54, 1.807) is 0 Å². The molecule has 0 atom stereocenters. The van der Waals surface area contributed by atoms with Crippen molar-refractivity contribution in [2.24, 2.45) is 5.92 Å². The topological polar surface area (TPSA) is 55.1 Å². The number of nitrogens with one attached hydrogen (secondary N) is 1. The van der Waals surface area contributed by atoms with Crippen LogP contribution in [-0.4, -0.2) is 5.91 Å². The summed E-state index contributed by atoms with van der Waals surface area (Å²) in [6, 6.07) is 3.40. The summed E-state index contributed by atoms with van der Waals surface area (Å²) in [6.45, 7) is 0. The third kappa shape index (κ3) is 3.43. The summed E-state index contributed by atoms with van der Waals surface area (Å²) < 4.78 is 38.7. The summed E-state index contributed by atoms with van der Waals surface area (Å²) in [5, 5.41) is 2.40. The van der Waals surface area contributed by atoms with Gasteiger partial charge in [-0.1, -0.05) is 19.3 Å². The Kier molecular flexibility index (Phi) is 4.20. The molecule has 1 saturated carbocycles. The highest BCUT2D eigenvalue weighted by molar-refractivity contribution is 5.93. The highest BCUT2D eigenvalue weighted by Crippen LogP contribution is 2.36. The molecule has 2 rings (SSSR count). The minimum atomic E-state index is -4.54. The Morgan fingerprint density at radius 2 is 1.85 bits per heavy atom. The normalized spacial score (nSPS) is 16.9. The molecule has 6 heteroatoms. The van der Waals surface area contributed by atoms with Gasteiger partial charge in [0.15, 0.2) is 0 Å². The predicted molar refractivity (Wildman–Crippen MR) is 71.1 cm³/mol. The summed E-state index contributed by atoms with van der Waals surface area (Å²) in [7, 11) is 0. The maximum absolute atomic E-state index is 12.9. The number of hydrogen-bond donors (Lipinski definition) is 2. The number of alkyl halides is 3. The third-order valence-electron chi connectivity index (χ3n) is 3.58. The lowest BCUT2D eigenvalue weighted by molar-refractivity contribution is -0.137. The van der Waals surface area contributed by atoms with E-state index < -0.39 is 11.7 Å². The van der Waals surface area contributed by atoms with E-state index in [2.05, 4.69) is 5.32 Å². The molecular formula is C14H17F3N2O. The number of benzene rings is 1. The largest absolute Gasteiger partial charge is 0.418 e. The fourth-order valence-corrected chi connectivity index (χ4v) is 2.50. The Hall–Kier alpha value is -1.72. The van der Waals surface area contributed by atoms with E-state index in [9.17, 15) is 18.0 Å². The summed E-state index contributed by atoms with van der Waals surface area (Å²) in [5.74, 6) is -0.526. The molecule has 1 aromatic rings. The molecule has 1 amide bonds. The maximum atomic E-state index is 12.9.